The number of hydrogen-bond donors (Lipinski definition) is 1. The van der Waals surface area contributed by atoms with Crippen molar-refractivity contribution in [3.05, 3.63) is 46.7 Å². The topological polar surface area (TPSA) is 59.1 Å². The first kappa shape index (κ1) is 12.2. The molecule has 0 aliphatic carbocycles. The summed E-state index contributed by atoms with van der Waals surface area (Å²) in [4.78, 5) is 3.58. The maximum Gasteiger partial charge on any atom is 0.243 e. The lowest BCUT2D eigenvalue weighted by molar-refractivity contribution is 0.556. The van der Waals surface area contributed by atoms with E-state index in [9.17, 15) is 12.8 Å². The molecule has 0 fully saturated rings. The number of rotatable bonds is 4. The SMILES string of the molecule is O=S(=O)(NCc1cscn1)c1ccccc1F. The van der Waals surface area contributed by atoms with Gasteiger partial charge in [-0.3, -0.25) is 0 Å². The zero-order chi connectivity index (χ0) is 12.3. The van der Waals surface area contributed by atoms with E-state index in [1.807, 2.05) is 0 Å². The van der Waals surface area contributed by atoms with E-state index in [1.165, 1.54) is 29.5 Å². The van der Waals surface area contributed by atoms with Gasteiger partial charge in [0.2, 0.25) is 10.0 Å². The van der Waals surface area contributed by atoms with Crippen LogP contribution < -0.4 is 4.72 Å². The van der Waals surface area contributed by atoms with Gasteiger partial charge in [-0.25, -0.2) is 22.5 Å². The fraction of sp³-hybridized carbons (Fsp3) is 0.100. The Kier molecular flexibility index (Phi) is 3.51. The van der Waals surface area contributed by atoms with Crippen LogP contribution in [0.5, 0.6) is 0 Å². The van der Waals surface area contributed by atoms with E-state index in [0.717, 1.165) is 6.07 Å². The van der Waals surface area contributed by atoms with Gasteiger partial charge in [-0.15, -0.1) is 11.3 Å². The predicted molar refractivity (Wildman–Crippen MR) is 62.5 cm³/mol. The van der Waals surface area contributed by atoms with E-state index in [4.69, 9.17) is 0 Å². The molecule has 0 aliphatic rings. The molecule has 1 N–H and O–H groups in total. The Morgan fingerprint density at radius 1 is 1.35 bits per heavy atom. The highest BCUT2D eigenvalue weighted by atomic mass is 32.2. The lowest BCUT2D eigenvalue weighted by atomic mass is 10.4. The minimum absolute atomic E-state index is 0.0557. The van der Waals surface area contributed by atoms with Gasteiger partial charge >= 0.3 is 0 Å². The number of nitrogens with one attached hydrogen (secondary N) is 1. The third kappa shape index (κ3) is 2.87. The third-order valence-corrected chi connectivity index (χ3v) is 4.12. The molecule has 0 atom stereocenters. The molecule has 0 radical (unpaired) electrons. The van der Waals surface area contributed by atoms with Gasteiger partial charge in [-0.1, -0.05) is 12.1 Å². The van der Waals surface area contributed by atoms with Gasteiger partial charge in [0.1, 0.15) is 10.7 Å². The Morgan fingerprint density at radius 2 is 2.12 bits per heavy atom. The smallest absolute Gasteiger partial charge is 0.243 e. The van der Waals surface area contributed by atoms with Crippen LogP contribution in [0.25, 0.3) is 0 Å². The molecule has 4 nitrogen and oxygen atoms in total. The first-order chi connectivity index (χ1) is 8.09. The Labute approximate surface area is 102 Å². The van der Waals surface area contributed by atoms with Crippen LogP contribution in [0.2, 0.25) is 0 Å². The maximum absolute atomic E-state index is 13.3. The van der Waals surface area contributed by atoms with Gasteiger partial charge in [0.15, 0.2) is 0 Å². The first-order valence-electron chi connectivity index (χ1n) is 4.71. The van der Waals surface area contributed by atoms with Crippen molar-refractivity contribution in [1.82, 2.24) is 9.71 Å². The number of nitrogens with zero attached hydrogens (tertiary/aromatic N) is 1. The second-order valence-electron chi connectivity index (χ2n) is 3.23. The summed E-state index contributed by atoms with van der Waals surface area (Å²) < 4.78 is 39.2. The van der Waals surface area contributed by atoms with E-state index >= 15 is 0 Å². The summed E-state index contributed by atoms with van der Waals surface area (Å²) in [6.07, 6.45) is 0. The van der Waals surface area contributed by atoms with E-state index in [-0.39, 0.29) is 11.4 Å². The number of hydrogen-bond acceptors (Lipinski definition) is 4. The number of sulfonamides is 1. The molecular weight excluding hydrogens is 263 g/mol. The molecule has 1 aromatic carbocycles. The van der Waals surface area contributed by atoms with Crippen LogP contribution in [-0.2, 0) is 16.6 Å². The summed E-state index contributed by atoms with van der Waals surface area (Å²) >= 11 is 1.37. The average molecular weight is 272 g/mol. The maximum atomic E-state index is 13.3. The van der Waals surface area contributed by atoms with Crippen molar-refractivity contribution >= 4 is 21.4 Å². The highest BCUT2D eigenvalue weighted by molar-refractivity contribution is 7.89. The van der Waals surface area contributed by atoms with Crippen LogP contribution in [0.3, 0.4) is 0 Å². The molecule has 7 heteroatoms. The summed E-state index contributed by atoms with van der Waals surface area (Å²) in [6, 6.07) is 5.24. The Hall–Kier alpha value is -1.31. The van der Waals surface area contributed by atoms with Crippen molar-refractivity contribution < 1.29 is 12.8 Å². The highest BCUT2D eigenvalue weighted by Gasteiger charge is 2.18. The molecule has 0 unspecified atom stereocenters. The van der Waals surface area contributed by atoms with Crippen molar-refractivity contribution in [1.29, 1.82) is 0 Å². The summed E-state index contributed by atoms with van der Waals surface area (Å²) in [5, 5.41) is 1.73. The van der Waals surface area contributed by atoms with E-state index in [1.54, 1.807) is 10.9 Å². The number of aromatic nitrogens is 1. The zero-order valence-electron chi connectivity index (χ0n) is 8.63. The fourth-order valence-corrected chi connectivity index (χ4v) is 2.87. The van der Waals surface area contributed by atoms with Crippen LogP contribution >= 0.6 is 11.3 Å². The van der Waals surface area contributed by atoms with Crippen molar-refractivity contribution in [3.63, 3.8) is 0 Å². The summed E-state index contributed by atoms with van der Waals surface area (Å²) in [6.45, 7) is 0.0557. The van der Waals surface area contributed by atoms with Crippen LogP contribution in [0.1, 0.15) is 5.69 Å². The lowest BCUT2D eigenvalue weighted by Gasteiger charge is -2.05. The van der Waals surface area contributed by atoms with E-state index in [2.05, 4.69) is 9.71 Å². The second-order valence-corrected chi connectivity index (χ2v) is 5.69. The Morgan fingerprint density at radius 3 is 2.76 bits per heavy atom. The van der Waals surface area contributed by atoms with Crippen molar-refractivity contribution in [2.75, 3.05) is 0 Å². The molecule has 0 saturated carbocycles. The predicted octanol–water partition coefficient (Wildman–Crippen LogP) is 1.76. The molecule has 2 aromatic rings. The average Bonchev–Trinajstić information content (AvgIpc) is 2.80. The molecule has 0 saturated heterocycles. The highest BCUT2D eigenvalue weighted by Crippen LogP contribution is 2.13. The molecule has 0 spiro atoms. The van der Waals surface area contributed by atoms with Gasteiger partial charge in [-0.05, 0) is 12.1 Å². The monoisotopic (exact) mass is 272 g/mol. The lowest BCUT2D eigenvalue weighted by Crippen LogP contribution is -2.24. The molecule has 0 aliphatic heterocycles. The standard InChI is InChI=1S/C10H9FN2O2S2/c11-9-3-1-2-4-10(9)17(14,15)13-5-8-6-16-7-12-8/h1-4,6-7,13H,5H2. The number of thiazole rings is 1. The van der Waals surface area contributed by atoms with Crippen molar-refractivity contribution in [2.45, 2.75) is 11.4 Å². The van der Waals surface area contributed by atoms with Gasteiger partial charge < -0.3 is 0 Å². The molecule has 17 heavy (non-hydrogen) atoms. The molecule has 1 aromatic heterocycles. The normalized spacial score (nSPS) is 11.6. The molecule has 90 valence electrons. The largest absolute Gasteiger partial charge is 0.248 e. The minimum atomic E-state index is -3.83. The molecule has 0 amide bonds. The zero-order valence-corrected chi connectivity index (χ0v) is 10.3. The van der Waals surface area contributed by atoms with Crippen LogP contribution in [0, 0.1) is 5.82 Å². The minimum Gasteiger partial charge on any atom is -0.248 e. The molecular formula is C10H9FN2O2S2. The van der Waals surface area contributed by atoms with Crippen molar-refractivity contribution in [2.24, 2.45) is 0 Å². The summed E-state index contributed by atoms with van der Waals surface area (Å²) in [7, 11) is -3.83. The van der Waals surface area contributed by atoms with Gasteiger partial charge in [0, 0.05) is 5.38 Å². The van der Waals surface area contributed by atoms with Crippen LogP contribution in [0.15, 0.2) is 40.1 Å². The number of halogens is 1. The quantitative estimate of drug-likeness (QED) is 0.922. The van der Waals surface area contributed by atoms with E-state index < -0.39 is 15.8 Å². The summed E-state index contributed by atoms with van der Waals surface area (Å²) in [5.74, 6) is -0.765. The van der Waals surface area contributed by atoms with E-state index in [0.29, 0.717) is 5.69 Å². The van der Waals surface area contributed by atoms with Crippen LogP contribution in [-0.4, -0.2) is 13.4 Å². The number of benzene rings is 1. The second kappa shape index (κ2) is 4.91. The van der Waals surface area contributed by atoms with Gasteiger partial charge in [0.25, 0.3) is 0 Å². The van der Waals surface area contributed by atoms with Crippen molar-refractivity contribution in [3.8, 4) is 0 Å². The molecule has 1 heterocycles. The van der Waals surface area contributed by atoms with Crippen LogP contribution in [0.4, 0.5) is 4.39 Å². The molecule has 2 rings (SSSR count). The third-order valence-electron chi connectivity index (χ3n) is 2.05. The Bertz CT molecular complexity index is 597. The Balaban J connectivity index is 2.17. The van der Waals surface area contributed by atoms with Gasteiger partial charge in [-0.2, -0.15) is 0 Å². The fourth-order valence-electron chi connectivity index (χ4n) is 1.23. The molecule has 0 bridgehead atoms. The summed E-state index contributed by atoms with van der Waals surface area (Å²) in [5.41, 5.74) is 2.21. The first-order valence-corrected chi connectivity index (χ1v) is 7.13. The van der Waals surface area contributed by atoms with Gasteiger partial charge in [0.05, 0.1) is 17.7 Å².